The molecule has 0 aliphatic carbocycles. The number of pyridine rings is 1. The number of rotatable bonds is 0. The van der Waals surface area contributed by atoms with Crippen molar-refractivity contribution in [1.29, 1.82) is 0 Å². The average molecular weight is 268 g/mol. The van der Waals surface area contributed by atoms with Crippen LogP contribution in [0.25, 0.3) is 0 Å². The fraction of sp³-hybridized carbons (Fsp3) is 0. The summed E-state index contributed by atoms with van der Waals surface area (Å²) < 4.78 is 0. The predicted octanol–water partition coefficient (Wildman–Crippen LogP) is 1.66. The molecule has 0 saturated carbocycles. The van der Waals surface area contributed by atoms with E-state index < -0.39 is 0 Å². The fourth-order valence-electron chi connectivity index (χ4n) is 0.313. The number of hydrogen-bond acceptors (Lipinski definition) is 1. The van der Waals surface area contributed by atoms with Crippen LogP contribution in [0, 0.1) is 0 Å². The van der Waals surface area contributed by atoms with Gasteiger partial charge in [0, 0.05) is 12.4 Å². The van der Waals surface area contributed by atoms with Crippen LogP contribution in [0.4, 0.5) is 0 Å². The van der Waals surface area contributed by atoms with Gasteiger partial charge in [0.15, 0.2) is 0 Å². The molecule has 0 aliphatic rings. The first-order valence-electron chi connectivity index (χ1n) is 1.85. The van der Waals surface area contributed by atoms with Crippen molar-refractivity contribution < 1.29 is 22.4 Å². The Balaban J connectivity index is 0. The molecule has 0 atom stereocenters. The summed E-state index contributed by atoms with van der Waals surface area (Å²) in [7, 11) is 0. The van der Waals surface area contributed by atoms with Crippen LogP contribution in [0.15, 0.2) is 30.6 Å². The first-order chi connectivity index (χ1) is 3.00. The van der Waals surface area contributed by atoms with E-state index in [-0.39, 0.29) is 39.4 Å². The van der Waals surface area contributed by atoms with Gasteiger partial charge in [0.2, 0.25) is 0 Å². The molecule has 0 aromatic carbocycles. The minimum atomic E-state index is 0. The molecule has 1 aromatic heterocycles. The van der Waals surface area contributed by atoms with Gasteiger partial charge in [0.1, 0.15) is 0 Å². The summed E-state index contributed by atoms with van der Waals surface area (Å²) in [5.74, 6) is 0. The molecule has 0 N–H and O–H groups in total. The van der Waals surface area contributed by atoms with E-state index in [0.29, 0.717) is 0 Å². The maximum absolute atomic E-state index is 3.78. The second-order valence-corrected chi connectivity index (χ2v) is 1.02. The van der Waals surface area contributed by atoms with Gasteiger partial charge in [-0.05, 0) is 12.1 Å². The van der Waals surface area contributed by atoms with E-state index >= 15 is 0 Å². The molecule has 0 radical (unpaired) electrons. The van der Waals surface area contributed by atoms with Crippen LogP contribution in [0.5, 0.6) is 0 Å². The van der Waals surface area contributed by atoms with Gasteiger partial charge in [-0.1, -0.05) is 6.07 Å². The Bertz CT molecular complexity index is 84.4. The van der Waals surface area contributed by atoms with E-state index in [0.717, 1.165) is 0 Å². The number of aromatic nitrogens is 1. The Hall–Kier alpha value is 0.370. The van der Waals surface area contributed by atoms with E-state index in [2.05, 4.69) is 4.98 Å². The Kier molecular flexibility index (Phi) is 10.3. The van der Waals surface area contributed by atoms with Crippen molar-refractivity contribution in [2.45, 2.75) is 0 Å². The zero-order valence-corrected chi connectivity index (χ0v) is 7.24. The summed E-state index contributed by atoms with van der Waals surface area (Å²) in [6.07, 6.45) is 3.50. The summed E-state index contributed by atoms with van der Waals surface area (Å²) in [4.78, 5) is 3.78. The van der Waals surface area contributed by atoms with Crippen LogP contribution in [0.3, 0.4) is 0 Å². The van der Waals surface area contributed by atoms with Gasteiger partial charge in [-0.3, -0.25) is 4.98 Å². The fourth-order valence-corrected chi connectivity index (χ4v) is 0.313. The zero-order chi connectivity index (χ0) is 4.24. The summed E-state index contributed by atoms with van der Waals surface area (Å²) in [5.41, 5.74) is 0. The molecule has 0 bridgehead atoms. The zero-order valence-electron chi connectivity index (χ0n) is 4.04. The van der Waals surface area contributed by atoms with Gasteiger partial charge in [-0.15, -0.1) is 17.0 Å². The molecule has 0 amide bonds. The average Bonchev–Trinajstić information content (AvgIpc) is 1.72. The topological polar surface area (TPSA) is 12.9 Å². The van der Waals surface area contributed by atoms with E-state index in [9.17, 15) is 0 Å². The van der Waals surface area contributed by atoms with E-state index in [4.69, 9.17) is 0 Å². The quantitative estimate of drug-likeness (QED) is 0.652. The predicted molar refractivity (Wildman–Crippen MR) is 34.6 cm³/mol. The molecular formula is C5H6AgBrN+. The molecule has 0 aliphatic heterocycles. The second-order valence-electron chi connectivity index (χ2n) is 1.02. The van der Waals surface area contributed by atoms with Crippen LogP contribution in [-0.2, 0) is 22.4 Å². The summed E-state index contributed by atoms with van der Waals surface area (Å²) in [6.45, 7) is 0. The second kappa shape index (κ2) is 7.37. The standard InChI is InChI=1S/C5H5N.Ag.BrH/c1-2-4-6-5-3-1;;/h1-5H;;1H/q;+1;. The van der Waals surface area contributed by atoms with E-state index in [1.54, 1.807) is 12.4 Å². The summed E-state index contributed by atoms with van der Waals surface area (Å²) in [6, 6.07) is 5.72. The van der Waals surface area contributed by atoms with Crippen LogP contribution >= 0.6 is 17.0 Å². The monoisotopic (exact) mass is 266 g/mol. The molecule has 1 rings (SSSR count). The van der Waals surface area contributed by atoms with Crippen molar-refractivity contribution in [3.63, 3.8) is 0 Å². The van der Waals surface area contributed by atoms with Crippen LogP contribution in [-0.4, -0.2) is 4.98 Å². The molecule has 48 valence electrons. The first-order valence-corrected chi connectivity index (χ1v) is 1.85. The molecular weight excluding hydrogens is 262 g/mol. The van der Waals surface area contributed by atoms with Crippen LogP contribution in [0.1, 0.15) is 0 Å². The number of hydrogen-bond donors (Lipinski definition) is 0. The van der Waals surface area contributed by atoms with Crippen LogP contribution in [0.2, 0.25) is 0 Å². The van der Waals surface area contributed by atoms with E-state index in [1.165, 1.54) is 0 Å². The maximum Gasteiger partial charge on any atom is 1.00 e. The van der Waals surface area contributed by atoms with Crippen molar-refractivity contribution in [3.8, 4) is 0 Å². The first kappa shape index (κ1) is 11.2. The molecule has 0 saturated heterocycles. The van der Waals surface area contributed by atoms with E-state index in [1.807, 2.05) is 18.2 Å². The van der Waals surface area contributed by atoms with Gasteiger partial charge >= 0.3 is 22.4 Å². The summed E-state index contributed by atoms with van der Waals surface area (Å²) >= 11 is 0. The molecule has 8 heavy (non-hydrogen) atoms. The minimum Gasteiger partial charge on any atom is -0.265 e. The third-order valence-electron chi connectivity index (χ3n) is 0.566. The smallest absolute Gasteiger partial charge is 0.265 e. The normalized spacial score (nSPS) is 6.00. The van der Waals surface area contributed by atoms with Crippen molar-refractivity contribution in [3.05, 3.63) is 30.6 Å². The van der Waals surface area contributed by atoms with Gasteiger partial charge in [-0.2, -0.15) is 0 Å². The third kappa shape index (κ3) is 4.53. The van der Waals surface area contributed by atoms with Crippen molar-refractivity contribution >= 4 is 17.0 Å². The number of nitrogens with zero attached hydrogens (tertiary/aromatic N) is 1. The van der Waals surface area contributed by atoms with Crippen LogP contribution < -0.4 is 0 Å². The van der Waals surface area contributed by atoms with Crippen molar-refractivity contribution in [2.24, 2.45) is 0 Å². The van der Waals surface area contributed by atoms with Gasteiger partial charge in [0.25, 0.3) is 0 Å². The molecule has 0 unspecified atom stereocenters. The Labute approximate surface area is 74.8 Å². The maximum atomic E-state index is 3.78. The van der Waals surface area contributed by atoms with Gasteiger partial charge < -0.3 is 0 Å². The molecule has 0 spiro atoms. The Morgan fingerprint density at radius 2 is 1.38 bits per heavy atom. The van der Waals surface area contributed by atoms with Crippen molar-refractivity contribution in [1.82, 2.24) is 4.98 Å². The minimum absolute atomic E-state index is 0. The largest absolute Gasteiger partial charge is 1.00 e. The van der Waals surface area contributed by atoms with Gasteiger partial charge in [0.05, 0.1) is 0 Å². The summed E-state index contributed by atoms with van der Waals surface area (Å²) in [5, 5.41) is 0. The molecule has 1 nitrogen and oxygen atoms in total. The third-order valence-corrected chi connectivity index (χ3v) is 0.566. The van der Waals surface area contributed by atoms with Gasteiger partial charge in [-0.25, -0.2) is 0 Å². The molecule has 1 heterocycles. The molecule has 3 heteroatoms. The molecule has 0 fully saturated rings. The Morgan fingerprint density at radius 3 is 1.50 bits per heavy atom. The van der Waals surface area contributed by atoms with Crippen molar-refractivity contribution in [2.75, 3.05) is 0 Å². The Morgan fingerprint density at radius 1 is 0.875 bits per heavy atom. The SMILES string of the molecule is Br.[Ag+].c1ccncc1. The number of halogens is 1. The molecule has 1 aromatic rings.